The van der Waals surface area contributed by atoms with Crippen molar-refractivity contribution >= 4 is 38.9 Å². The molecular weight excluding hydrogens is 366 g/mol. The summed E-state index contributed by atoms with van der Waals surface area (Å²) < 4.78 is 6.02. The Balaban J connectivity index is 1.99. The van der Waals surface area contributed by atoms with E-state index in [-0.39, 0.29) is 12.3 Å². The van der Waals surface area contributed by atoms with Gasteiger partial charge in [-0.25, -0.2) is 10.4 Å². The lowest BCUT2D eigenvalue weighted by atomic mass is 10.1. The van der Waals surface area contributed by atoms with E-state index in [0.29, 0.717) is 5.71 Å². The molecule has 0 saturated carbocycles. The van der Waals surface area contributed by atoms with Gasteiger partial charge in [0.2, 0.25) is 5.91 Å². The van der Waals surface area contributed by atoms with Gasteiger partial charge in [0, 0.05) is 5.38 Å². The lowest BCUT2D eigenvalue weighted by molar-refractivity contribution is -0.120. The highest BCUT2D eigenvalue weighted by Crippen LogP contribution is 2.25. The second kappa shape index (κ2) is 7.51. The third-order valence-electron chi connectivity index (χ3n) is 2.93. The van der Waals surface area contributed by atoms with Gasteiger partial charge in [0.25, 0.3) is 0 Å². The van der Waals surface area contributed by atoms with E-state index in [1.165, 1.54) is 11.3 Å². The molecule has 7 heteroatoms. The molecule has 0 saturated heterocycles. The van der Waals surface area contributed by atoms with E-state index in [4.69, 9.17) is 4.74 Å². The van der Waals surface area contributed by atoms with Crippen LogP contribution in [0.3, 0.4) is 0 Å². The predicted octanol–water partition coefficient (Wildman–Crippen LogP) is 3.31. The summed E-state index contributed by atoms with van der Waals surface area (Å²) >= 11 is 4.96. The second-order valence-corrected chi connectivity index (χ2v) is 6.53. The van der Waals surface area contributed by atoms with Gasteiger partial charge < -0.3 is 4.74 Å². The second-order valence-electron chi connectivity index (χ2n) is 4.62. The summed E-state index contributed by atoms with van der Waals surface area (Å²) in [6.07, 6.45) is 0.230. The zero-order valence-corrected chi connectivity index (χ0v) is 14.9. The Kier molecular flexibility index (Phi) is 5.68. The van der Waals surface area contributed by atoms with Gasteiger partial charge in [-0.2, -0.15) is 5.10 Å². The number of nitrogens with one attached hydrogen (secondary N) is 1. The van der Waals surface area contributed by atoms with Crippen molar-refractivity contribution in [2.75, 3.05) is 7.11 Å². The van der Waals surface area contributed by atoms with Crippen LogP contribution in [0.25, 0.3) is 0 Å². The smallest absolute Gasteiger partial charge is 0.246 e. The van der Waals surface area contributed by atoms with Crippen molar-refractivity contribution in [2.24, 2.45) is 5.10 Å². The number of hydrogen-bond acceptors (Lipinski definition) is 5. The first-order valence-electron chi connectivity index (χ1n) is 6.57. The quantitative estimate of drug-likeness (QED) is 0.638. The van der Waals surface area contributed by atoms with Crippen LogP contribution in [-0.4, -0.2) is 23.7 Å². The summed E-state index contributed by atoms with van der Waals surface area (Å²) in [5.74, 6) is 0.566. The van der Waals surface area contributed by atoms with Gasteiger partial charge in [-0.05, 0) is 53.5 Å². The van der Waals surface area contributed by atoms with Crippen LogP contribution in [0.15, 0.2) is 33.2 Å². The number of hydrogen-bond donors (Lipinski definition) is 1. The average Bonchev–Trinajstić information content (AvgIpc) is 2.89. The van der Waals surface area contributed by atoms with Crippen LogP contribution in [0, 0.1) is 6.92 Å². The molecule has 0 aliphatic rings. The maximum absolute atomic E-state index is 11.8. The Morgan fingerprint density at radius 3 is 2.86 bits per heavy atom. The monoisotopic (exact) mass is 381 g/mol. The number of aryl methyl sites for hydroxylation is 1. The summed E-state index contributed by atoms with van der Waals surface area (Å²) in [5, 5.41) is 6.96. The molecule has 1 amide bonds. The van der Waals surface area contributed by atoms with Crippen molar-refractivity contribution in [3.05, 3.63) is 44.3 Å². The highest BCUT2D eigenvalue weighted by Gasteiger charge is 2.07. The average molecular weight is 382 g/mol. The van der Waals surface area contributed by atoms with Crippen LogP contribution in [0.2, 0.25) is 0 Å². The lowest BCUT2D eigenvalue weighted by Crippen LogP contribution is -2.21. The van der Waals surface area contributed by atoms with Crippen molar-refractivity contribution in [1.29, 1.82) is 0 Å². The van der Waals surface area contributed by atoms with E-state index in [0.717, 1.165) is 26.5 Å². The molecule has 1 aromatic heterocycles. The first-order chi connectivity index (χ1) is 10.5. The number of benzene rings is 1. The molecule has 2 aromatic rings. The van der Waals surface area contributed by atoms with Crippen molar-refractivity contribution < 1.29 is 9.53 Å². The molecule has 0 bridgehead atoms. The SMILES string of the molecule is COc1ccc(/C(C)=N\NC(=O)Cc2csc(C)n2)cc1Br. The number of aromatic nitrogens is 1. The van der Waals surface area contributed by atoms with Gasteiger partial charge in [-0.3, -0.25) is 4.79 Å². The van der Waals surface area contributed by atoms with Crippen LogP contribution in [0.1, 0.15) is 23.2 Å². The lowest BCUT2D eigenvalue weighted by Gasteiger charge is -2.06. The van der Waals surface area contributed by atoms with Crippen LogP contribution >= 0.6 is 27.3 Å². The van der Waals surface area contributed by atoms with Gasteiger partial charge in [0.1, 0.15) is 5.75 Å². The molecule has 0 unspecified atom stereocenters. The van der Waals surface area contributed by atoms with E-state index < -0.39 is 0 Å². The fourth-order valence-corrected chi connectivity index (χ4v) is 2.95. The molecule has 1 N–H and O–H groups in total. The zero-order chi connectivity index (χ0) is 16.1. The summed E-state index contributed by atoms with van der Waals surface area (Å²) in [4.78, 5) is 16.1. The molecule has 0 aliphatic heterocycles. The fourth-order valence-electron chi connectivity index (χ4n) is 1.80. The fraction of sp³-hybridized carbons (Fsp3) is 0.267. The highest BCUT2D eigenvalue weighted by atomic mass is 79.9. The summed E-state index contributed by atoms with van der Waals surface area (Å²) in [6.45, 7) is 3.75. The largest absolute Gasteiger partial charge is 0.496 e. The van der Waals surface area contributed by atoms with Crippen LogP contribution < -0.4 is 10.2 Å². The molecule has 1 heterocycles. The Morgan fingerprint density at radius 1 is 1.50 bits per heavy atom. The number of nitrogens with zero attached hydrogens (tertiary/aromatic N) is 2. The predicted molar refractivity (Wildman–Crippen MR) is 91.6 cm³/mol. The summed E-state index contributed by atoms with van der Waals surface area (Å²) in [5.41, 5.74) is 4.93. The highest BCUT2D eigenvalue weighted by molar-refractivity contribution is 9.10. The molecule has 0 atom stereocenters. The van der Waals surface area contributed by atoms with Crippen molar-refractivity contribution in [1.82, 2.24) is 10.4 Å². The molecule has 22 heavy (non-hydrogen) atoms. The Bertz CT molecular complexity index is 713. The minimum Gasteiger partial charge on any atom is -0.496 e. The van der Waals surface area contributed by atoms with Crippen molar-refractivity contribution in [3.63, 3.8) is 0 Å². The molecular formula is C15H16BrN3O2S. The number of carbonyl (C=O) groups excluding carboxylic acids is 1. The third kappa shape index (κ3) is 4.38. The number of carbonyl (C=O) groups is 1. The van der Waals surface area contributed by atoms with E-state index in [1.807, 2.05) is 37.4 Å². The number of amides is 1. The first-order valence-corrected chi connectivity index (χ1v) is 8.25. The van der Waals surface area contributed by atoms with Gasteiger partial charge in [-0.1, -0.05) is 0 Å². The van der Waals surface area contributed by atoms with Gasteiger partial charge in [0.15, 0.2) is 0 Å². The zero-order valence-electron chi connectivity index (χ0n) is 12.5. The summed E-state index contributed by atoms with van der Waals surface area (Å²) in [6, 6.07) is 5.63. The molecule has 5 nitrogen and oxygen atoms in total. The molecule has 116 valence electrons. The summed E-state index contributed by atoms with van der Waals surface area (Å²) in [7, 11) is 1.61. The first kappa shape index (κ1) is 16.6. The van der Waals surface area contributed by atoms with E-state index in [9.17, 15) is 4.79 Å². The maximum Gasteiger partial charge on any atom is 0.246 e. The number of hydrazone groups is 1. The third-order valence-corrected chi connectivity index (χ3v) is 4.37. The number of rotatable bonds is 5. The van der Waals surface area contributed by atoms with E-state index >= 15 is 0 Å². The van der Waals surface area contributed by atoms with Gasteiger partial charge >= 0.3 is 0 Å². The minimum absolute atomic E-state index is 0.183. The standard InChI is InChI=1S/C15H16BrN3O2S/c1-9(11-4-5-14(21-3)13(16)6-11)18-19-15(20)7-12-8-22-10(2)17-12/h4-6,8H,7H2,1-3H3,(H,19,20)/b18-9-. The molecule has 0 radical (unpaired) electrons. The minimum atomic E-state index is -0.183. The number of ether oxygens (including phenoxy) is 1. The van der Waals surface area contributed by atoms with Crippen LogP contribution in [0.4, 0.5) is 0 Å². The Hall–Kier alpha value is -1.73. The normalized spacial score (nSPS) is 11.4. The number of thiazole rings is 1. The molecule has 2 rings (SSSR count). The van der Waals surface area contributed by atoms with E-state index in [2.05, 4.69) is 31.4 Å². The number of halogens is 1. The number of methoxy groups -OCH3 is 1. The van der Waals surface area contributed by atoms with Crippen molar-refractivity contribution in [3.8, 4) is 5.75 Å². The van der Waals surface area contributed by atoms with Crippen LogP contribution in [0.5, 0.6) is 5.75 Å². The maximum atomic E-state index is 11.8. The molecule has 0 aliphatic carbocycles. The Morgan fingerprint density at radius 2 is 2.27 bits per heavy atom. The van der Waals surface area contributed by atoms with Crippen LogP contribution in [-0.2, 0) is 11.2 Å². The van der Waals surface area contributed by atoms with Gasteiger partial charge in [0.05, 0.1) is 34.4 Å². The Labute approximate surface area is 141 Å². The molecule has 0 fully saturated rings. The molecule has 1 aromatic carbocycles. The molecule has 0 spiro atoms. The topological polar surface area (TPSA) is 63.6 Å². The van der Waals surface area contributed by atoms with Crippen molar-refractivity contribution in [2.45, 2.75) is 20.3 Å². The van der Waals surface area contributed by atoms with Gasteiger partial charge in [-0.15, -0.1) is 11.3 Å². The van der Waals surface area contributed by atoms with E-state index in [1.54, 1.807) is 7.11 Å².